The summed E-state index contributed by atoms with van der Waals surface area (Å²) in [7, 11) is 3.92. The third-order valence-electron chi connectivity index (χ3n) is 3.78. The van der Waals surface area contributed by atoms with Crippen LogP contribution in [0.2, 0.25) is 0 Å². The molecule has 0 spiro atoms. The van der Waals surface area contributed by atoms with E-state index in [0.717, 1.165) is 15.2 Å². The van der Waals surface area contributed by atoms with E-state index in [1.165, 1.54) is 6.26 Å². The van der Waals surface area contributed by atoms with Crippen LogP contribution in [0.15, 0.2) is 28.9 Å². The Labute approximate surface area is 162 Å². The van der Waals surface area contributed by atoms with Gasteiger partial charge in [0.05, 0.1) is 15.2 Å². The Balaban J connectivity index is 1.60. The molecule has 1 aromatic carbocycles. The average molecular weight is 388 g/mol. The van der Waals surface area contributed by atoms with Gasteiger partial charge in [-0.25, -0.2) is 9.97 Å². The number of thiazole rings is 1. The molecule has 144 valence electrons. The van der Waals surface area contributed by atoms with Gasteiger partial charge in [0, 0.05) is 18.2 Å². The summed E-state index contributed by atoms with van der Waals surface area (Å²) in [5.74, 6) is 0.764. The number of carbonyl (C=O) groups is 1. The number of ether oxygens (including phenoxy) is 1. The lowest BCUT2D eigenvalue weighted by Gasteiger charge is -2.29. The number of aromatic nitrogens is 2. The first-order chi connectivity index (χ1) is 12.7. The first-order valence-corrected chi connectivity index (χ1v) is 9.45. The van der Waals surface area contributed by atoms with Crippen LogP contribution >= 0.6 is 11.3 Å². The standard InChI is InChI=1S/C19H24N4O3S/c1-12-20-14-8-13(6-7-16(14)27-12)25-10-17-21-15(9-26-17)18(24)22-19(2,3)11-23(4)5/h6-9H,10-11H2,1-5H3,(H,22,24). The molecule has 8 heteroatoms. The molecule has 0 aliphatic heterocycles. The lowest BCUT2D eigenvalue weighted by atomic mass is 10.1. The Hall–Kier alpha value is -2.45. The first-order valence-electron chi connectivity index (χ1n) is 8.63. The molecule has 2 heterocycles. The highest BCUT2D eigenvalue weighted by Crippen LogP contribution is 2.26. The van der Waals surface area contributed by atoms with Gasteiger partial charge in [-0.15, -0.1) is 11.3 Å². The largest absolute Gasteiger partial charge is 0.484 e. The van der Waals surface area contributed by atoms with Crippen molar-refractivity contribution in [3.05, 3.63) is 41.1 Å². The topological polar surface area (TPSA) is 80.5 Å². The second-order valence-corrected chi connectivity index (χ2v) is 8.59. The van der Waals surface area contributed by atoms with E-state index >= 15 is 0 Å². The molecule has 3 rings (SSSR count). The van der Waals surface area contributed by atoms with Gasteiger partial charge in [0.25, 0.3) is 5.91 Å². The first kappa shape index (κ1) is 19.3. The van der Waals surface area contributed by atoms with Crippen LogP contribution in [-0.4, -0.2) is 47.0 Å². The summed E-state index contributed by atoms with van der Waals surface area (Å²) in [6.45, 7) is 6.76. The molecule has 0 bridgehead atoms. The summed E-state index contributed by atoms with van der Waals surface area (Å²) in [4.78, 5) is 23.1. The van der Waals surface area contributed by atoms with Gasteiger partial charge in [-0.3, -0.25) is 4.79 Å². The predicted molar refractivity (Wildman–Crippen MR) is 105 cm³/mol. The molecule has 0 saturated carbocycles. The van der Waals surface area contributed by atoms with Crippen LogP contribution in [0.25, 0.3) is 10.2 Å². The summed E-state index contributed by atoms with van der Waals surface area (Å²) in [5, 5.41) is 3.98. The van der Waals surface area contributed by atoms with Crippen molar-refractivity contribution >= 4 is 27.5 Å². The number of hydrogen-bond acceptors (Lipinski definition) is 7. The third-order valence-corrected chi connectivity index (χ3v) is 4.73. The highest BCUT2D eigenvalue weighted by atomic mass is 32.1. The van der Waals surface area contributed by atoms with Crippen LogP contribution in [0.1, 0.15) is 35.2 Å². The van der Waals surface area contributed by atoms with Crippen molar-refractivity contribution in [3.8, 4) is 5.75 Å². The fourth-order valence-corrected chi connectivity index (χ4v) is 3.75. The van der Waals surface area contributed by atoms with E-state index in [4.69, 9.17) is 9.15 Å². The Morgan fingerprint density at radius 1 is 1.33 bits per heavy atom. The van der Waals surface area contributed by atoms with Crippen LogP contribution in [0.3, 0.4) is 0 Å². The number of benzene rings is 1. The van der Waals surface area contributed by atoms with E-state index in [1.54, 1.807) is 11.3 Å². The molecular formula is C19H24N4O3S. The number of oxazole rings is 1. The summed E-state index contributed by atoms with van der Waals surface area (Å²) in [6.07, 6.45) is 1.35. The lowest BCUT2D eigenvalue weighted by molar-refractivity contribution is 0.0894. The van der Waals surface area contributed by atoms with E-state index in [0.29, 0.717) is 18.2 Å². The number of likely N-dealkylation sites (N-methyl/N-ethyl adjacent to an activating group) is 1. The van der Waals surface area contributed by atoms with Gasteiger partial charge < -0.3 is 19.4 Å². The quantitative estimate of drug-likeness (QED) is 0.669. The molecule has 0 saturated heterocycles. The average Bonchev–Trinajstić information content (AvgIpc) is 3.15. The van der Waals surface area contributed by atoms with Crippen molar-refractivity contribution in [2.24, 2.45) is 0 Å². The van der Waals surface area contributed by atoms with Gasteiger partial charge >= 0.3 is 0 Å². The molecule has 0 unspecified atom stereocenters. The van der Waals surface area contributed by atoms with Gasteiger partial charge in [-0.2, -0.15) is 0 Å². The van der Waals surface area contributed by atoms with Crippen molar-refractivity contribution < 1.29 is 13.9 Å². The fourth-order valence-electron chi connectivity index (χ4n) is 2.94. The fraction of sp³-hybridized carbons (Fsp3) is 0.421. The van der Waals surface area contributed by atoms with E-state index in [1.807, 2.05) is 58.0 Å². The number of rotatable bonds is 7. The zero-order valence-electron chi connectivity index (χ0n) is 16.2. The highest BCUT2D eigenvalue weighted by molar-refractivity contribution is 7.18. The number of amides is 1. The van der Waals surface area contributed by atoms with E-state index in [2.05, 4.69) is 15.3 Å². The van der Waals surface area contributed by atoms with Gasteiger partial charge in [0.15, 0.2) is 12.3 Å². The van der Waals surface area contributed by atoms with Crippen LogP contribution in [0.5, 0.6) is 5.75 Å². The molecule has 0 aliphatic carbocycles. The Morgan fingerprint density at radius 2 is 2.11 bits per heavy atom. The molecule has 1 amide bonds. The maximum absolute atomic E-state index is 12.4. The zero-order chi connectivity index (χ0) is 19.6. The minimum Gasteiger partial charge on any atom is -0.484 e. The van der Waals surface area contributed by atoms with Crippen molar-refractivity contribution in [1.29, 1.82) is 0 Å². The minimum absolute atomic E-state index is 0.142. The van der Waals surface area contributed by atoms with E-state index in [-0.39, 0.29) is 23.7 Å². The molecule has 2 aromatic heterocycles. The van der Waals surface area contributed by atoms with Crippen molar-refractivity contribution in [3.63, 3.8) is 0 Å². The SMILES string of the molecule is Cc1nc2cc(OCc3nc(C(=O)NC(C)(C)CN(C)C)co3)ccc2s1. The Kier molecular flexibility index (Phi) is 5.48. The molecule has 3 aromatic rings. The Bertz CT molecular complexity index is 945. The van der Waals surface area contributed by atoms with Gasteiger partial charge in [-0.05, 0) is 47.0 Å². The third kappa shape index (κ3) is 5.05. The number of hydrogen-bond donors (Lipinski definition) is 1. The van der Waals surface area contributed by atoms with Crippen molar-refractivity contribution in [2.75, 3.05) is 20.6 Å². The number of carbonyl (C=O) groups excluding carboxylic acids is 1. The molecule has 0 aliphatic rings. The van der Waals surface area contributed by atoms with Gasteiger partial charge in [0.1, 0.15) is 12.0 Å². The molecule has 7 nitrogen and oxygen atoms in total. The van der Waals surface area contributed by atoms with Crippen LogP contribution in [0.4, 0.5) is 0 Å². The second-order valence-electron chi connectivity index (χ2n) is 7.35. The molecule has 27 heavy (non-hydrogen) atoms. The molecular weight excluding hydrogens is 364 g/mol. The number of nitrogens with one attached hydrogen (secondary N) is 1. The normalized spacial score (nSPS) is 11.9. The number of nitrogens with zero attached hydrogens (tertiary/aromatic N) is 3. The van der Waals surface area contributed by atoms with Crippen LogP contribution in [0, 0.1) is 6.92 Å². The molecule has 0 radical (unpaired) electrons. The Morgan fingerprint density at radius 3 is 2.85 bits per heavy atom. The lowest BCUT2D eigenvalue weighted by Crippen LogP contribution is -2.50. The monoisotopic (exact) mass is 388 g/mol. The highest BCUT2D eigenvalue weighted by Gasteiger charge is 2.23. The van der Waals surface area contributed by atoms with Gasteiger partial charge in [-0.1, -0.05) is 0 Å². The maximum atomic E-state index is 12.4. The van der Waals surface area contributed by atoms with E-state index < -0.39 is 0 Å². The predicted octanol–water partition coefficient (Wildman–Crippen LogP) is 3.24. The smallest absolute Gasteiger partial charge is 0.273 e. The van der Waals surface area contributed by atoms with E-state index in [9.17, 15) is 4.79 Å². The number of fused-ring (bicyclic) bond motifs is 1. The van der Waals surface area contributed by atoms with Crippen LogP contribution in [-0.2, 0) is 6.61 Å². The van der Waals surface area contributed by atoms with Crippen molar-refractivity contribution in [1.82, 2.24) is 20.2 Å². The summed E-state index contributed by atoms with van der Waals surface area (Å²) in [5.41, 5.74) is 0.772. The second kappa shape index (κ2) is 7.66. The van der Waals surface area contributed by atoms with Crippen LogP contribution < -0.4 is 10.1 Å². The molecule has 0 atom stereocenters. The molecule has 0 fully saturated rings. The molecule has 1 N–H and O–H groups in total. The zero-order valence-corrected chi connectivity index (χ0v) is 17.0. The maximum Gasteiger partial charge on any atom is 0.273 e. The number of aryl methyl sites for hydroxylation is 1. The van der Waals surface area contributed by atoms with Crippen molar-refractivity contribution in [2.45, 2.75) is 32.9 Å². The van der Waals surface area contributed by atoms with Gasteiger partial charge in [0.2, 0.25) is 5.89 Å². The minimum atomic E-state index is -0.378. The summed E-state index contributed by atoms with van der Waals surface area (Å²) < 4.78 is 12.2. The summed E-state index contributed by atoms with van der Waals surface area (Å²) >= 11 is 1.64. The summed E-state index contributed by atoms with van der Waals surface area (Å²) in [6, 6.07) is 5.76.